The Morgan fingerprint density at radius 1 is 1.23 bits per heavy atom. The number of piperidine rings is 1. The van der Waals surface area contributed by atoms with E-state index in [1.807, 2.05) is 0 Å². The molecule has 2 aliphatic rings. The monoisotopic (exact) mass is 312 g/mol. The Morgan fingerprint density at radius 2 is 1.91 bits per heavy atom. The van der Waals surface area contributed by atoms with E-state index in [1.54, 1.807) is 0 Å². The van der Waals surface area contributed by atoms with Gasteiger partial charge in [0, 0.05) is 13.1 Å². The highest BCUT2D eigenvalue weighted by Crippen LogP contribution is 2.20. The third-order valence-corrected chi connectivity index (χ3v) is 4.88. The summed E-state index contributed by atoms with van der Waals surface area (Å²) in [6, 6.07) is 0. The molecule has 0 aromatic heterocycles. The van der Waals surface area contributed by atoms with Crippen molar-refractivity contribution in [1.29, 1.82) is 0 Å². The number of nitrogens with zero attached hydrogens (tertiary/aromatic N) is 1. The molecule has 5 nitrogen and oxygen atoms in total. The molecule has 0 radical (unpaired) electrons. The Hall–Kier alpha value is -0.650. The van der Waals surface area contributed by atoms with Gasteiger partial charge in [-0.05, 0) is 44.7 Å². The van der Waals surface area contributed by atoms with E-state index >= 15 is 0 Å². The highest BCUT2D eigenvalue weighted by atomic mass is 16.5. The number of nitrogens with one attached hydrogen (secondary N) is 1. The molecule has 5 heteroatoms. The molecule has 1 heterocycles. The van der Waals surface area contributed by atoms with Gasteiger partial charge in [-0.15, -0.1) is 0 Å². The van der Waals surface area contributed by atoms with Crippen LogP contribution < -0.4 is 5.32 Å². The molecule has 22 heavy (non-hydrogen) atoms. The molecule has 0 aromatic carbocycles. The molecule has 0 aromatic rings. The quantitative estimate of drug-likeness (QED) is 0.749. The first-order chi connectivity index (χ1) is 10.6. The second-order valence-electron chi connectivity index (χ2n) is 7.01. The van der Waals surface area contributed by atoms with Gasteiger partial charge in [0.25, 0.3) is 0 Å². The van der Waals surface area contributed by atoms with Crippen LogP contribution in [-0.4, -0.2) is 60.9 Å². The largest absolute Gasteiger partial charge is 0.390 e. The fourth-order valence-corrected chi connectivity index (χ4v) is 3.32. The molecule has 2 rings (SSSR count). The van der Waals surface area contributed by atoms with Gasteiger partial charge in [0.15, 0.2) is 0 Å². The minimum atomic E-state index is -0.493. The second-order valence-corrected chi connectivity index (χ2v) is 7.01. The standard InChI is InChI=1S/C17H32N2O3/c1-14-7-9-19(10-8-14)12-15(20)11-18-17(21)13-22-16-5-3-2-4-6-16/h14-16,20H,2-13H2,1H3,(H,18,21). The van der Waals surface area contributed by atoms with Crippen LogP contribution in [0, 0.1) is 5.92 Å². The average Bonchev–Trinajstić information content (AvgIpc) is 2.54. The number of carbonyl (C=O) groups is 1. The van der Waals surface area contributed by atoms with Crippen LogP contribution in [0.25, 0.3) is 0 Å². The lowest BCUT2D eigenvalue weighted by atomic mass is 9.98. The molecular weight excluding hydrogens is 280 g/mol. The summed E-state index contributed by atoms with van der Waals surface area (Å²) in [5.74, 6) is 0.682. The van der Waals surface area contributed by atoms with E-state index < -0.39 is 6.10 Å². The first-order valence-electron chi connectivity index (χ1n) is 8.92. The van der Waals surface area contributed by atoms with Crippen molar-refractivity contribution in [3.05, 3.63) is 0 Å². The minimum absolute atomic E-state index is 0.114. The third-order valence-electron chi connectivity index (χ3n) is 4.88. The predicted molar refractivity (Wildman–Crippen MR) is 86.7 cm³/mol. The number of amides is 1. The van der Waals surface area contributed by atoms with E-state index in [4.69, 9.17) is 4.74 Å². The summed E-state index contributed by atoms with van der Waals surface area (Å²) in [5, 5.41) is 12.8. The lowest BCUT2D eigenvalue weighted by molar-refractivity contribution is -0.128. The van der Waals surface area contributed by atoms with E-state index in [9.17, 15) is 9.90 Å². The van der Waals surface area contributed by atoms with Crippen molar-refractivity contribution in [3.63, 3.8) is 0 Å². The first kappa shape index (κ1) is 17.7. The molecule has 1 amide bonds. The molecule has 1 aliphatic carbocycles. The fraction of sp³-hybridized carbons (Fsp3) is 0.941. The summed E-state index contributed by atoms with van der Waals surface area (Å²) in [5.41, 5.74) is 0. The molecular formula is C17H32N2O3. The lowest BCUT2D eigenvalue weighted by Crippen LogP contribution is -2.43. The van der Waals surface area contributed by atoms with Gasteiger partial charge >= 0.3 is 0 Å². The molecule has 128 valence electrons. The van der Waals surface area contributed by atoms with Crippen molar-refractivity contribution in [2.24, 2.45) is 5.92 Å². The molecule has 1 atom stereocenters. The van der Waals surface area contributed by atoms with E-state index in [1.165, 1.54) is 32.1 Å². The van der Waals surface area contributed by atoms with Crippen LogP contribution in [0.15, 0.2) is 0 Å². The average molecular weight is 312 g/mol. The Labute approximate surface area is 134 Å². The number of rotatable bonds is 7. The van der Waals surface area contributed by atoms with Crippen LogP contribution in [0.1, 0.15) is 51.9 Å². The number of carbonyl (C=O) groups excluding carboxylic acids is 1. The van der Waals surface area contributed by atoms with E-state index in [-0.39, 0.29) is 18.6 Å². The fourth-order valence-electron chi connectivity index (χ4n) is 3.32. The highest BCUT2D eigenvalue weighted by molar-refractivity contribution is 5.77. The number of aliphatic hydroxyl groups excluding tert-OH is 1. The van der Waals surface area contributed by atoms with E-state index in [2.05, 4.69) is 17.1 Å². The van der Waals surface area contributed by atoms with Crippen molar-refractivity contribution in [2.45, 2.75) is 64.1 Å². The molecule has 0 bridgehead atoms. The number of β-amino-alcohol motifs (C(OH)–C–C–N with tert-alkyl or cyclic N) is 1. The second kappa shape index (κ2) is 9.48. The highest BCUT2D eigenvalue weighted by Gasteiger charge is 2.19. The maximum Gasteiger partial charge on any atom is 0.246 e. The van der Waals surface area contributed by atoms with Gasteiger partial charge in [-0.1, -0.05) is 26.2 Å². The maximum absolute atomic E-state index is 11.8. The minimum Gasteiger partial charge on any atom is -0.390 e. The number of hydrogen-bond donors (Lipinski definition) is 2. The summed E-state index contributed by atoms with van der Waals surface area (Å²) in [7, 11) is 0. The summed E-state index contributed by atoms with van der Waals surface area (Å²) in [6.07, 6.45) is 8.01. The Kier molecular flexibility index (Phi) is 7.63. The van der Waals surface area contributed by atoms with Gasteiger partial charge in [0.2, 0.25) is 5.91 Å². The first-order valence-corrected chi connectivity index (χ1v) is 8.92. The van der Waals surface area contributed by atoms with Crippen molar-refractivity contribution in [1.82, 2.24) is 10.2 Å². The topological polar surface area (TPSA) is 61.8 Å². The summed E-state index contributed by atoms with van der Waals surface area (Å²) in [6.45, 7) is 5.47. The number of likely N-dealkylation sites (tertiary alicyclic amines) is 1. The summed E-state index contributed by atoms with van der Waals surface area (Å²) < 4.78 is 5.63. The number of hydrogen-bond acceptors (Lipinski definition) is 4. The van der Waals surface area contributed by atoms with Gasteiger partial charge in [0.05, 0.1) is 12.2 Å². The lowest BCUT2D eigenvalue weighted by Gasteiger charge is -2.31. The Bertz CT molecular complexity index is 324. The van der Waals surface area contributed by atoms with E-state index in [0.29, 0.717) is 13.1 Å². The van der Waals surface area contributed by atoms with Crippen molar-refractivity contribution in [3.8, 4) is 0 Å². The Morgan fingerprint density at radius 3 is 2.59 bits per heavy atom. The van der Waals surface area contributed by atoms with Crippen LogP contribution in [0.2, 0.25) is 0 Å². The van der Waals surface area contributed by atoms with Gasteiger partial charge < -0.3 is 20.1 Å². The molecule has 1 aliphatic heterocycles. The third kappa shape index (κ3) is 6.63. The van der Waals surface area contributed by atoms with Crippen LogP contribution in [0.4, 0.5) is 0 Å². The summed E-state index contributed by atoms with van der Waals surface area (Å²) in [4.78, 5) is 14.1. The van der Waals surface area contributed by atoms with Crippen LogP contribution in [0.3, 0.4) is 0 Å². The van der Waals surface area contributed by atoms with Crippen LogP contribution in [-0.2, 0) is 9.53 Å². The summed E-state index contributed by atoms with van der Waals surface area (Å²) >= 11 is 0. The van der Waals surface area contributed by atoms with Gasteiger partial charge in [-0.2, -0.15) is 0 Å². The Balaban J connectivity index is 1.53. The molecule has 1 saturated heterocycles. The number of aliphatic hydroxyl groups is 1. The van der Waals surface area contributed by atoms with Crippen LogP contribution in [0.5, 0.6) is 0 Å². The SMILES string of the molecule is CC1CCN(CC(O)CNC(=O)COC2CCCCC2)CC1. The number of ether oxygens (including phenoxy) is 1. The zero-order valence-corrected chi connectivity index (χ0v) is 13.9. The van der Waals surface area contributed by atoms with Gasteiger partial charge in [-0.3, -0.25) is 4.79 Å². The molecule has 2 fully saturated rings. The predicted octanol–water partition coefficient (Wildman–Crippen LogP) is 1.54. The molecule has 1 unspecified atom stereocenters. The maximum atomic E-state index is 11.8. The van der Waals surface area contributed by atoms with Crippen molar-refractivity contribution < 1.29 is 14.6 Å². The molecule has 2 N–H and O–H groups in total. The van der Waals surface area contributed by atoms with Crippen molar-refractivity contribution in [2.75, 3.05) is 32.8 Å². The normalized spacial score (nSPS) is 23.4. The van der Waals surface area contributed by atoms with Crippen molar-refractivity contribution >= 4 is 5.91 Å². The van der Waals surface area contributed by atoms with Crippen LogP contribution >= 0.6 is 0 Å². The van der Waals surface area contributed by atoms with Gasteiger partial charge in [0.1, 0.15) is 6.61 Å². The molecule has 0 spiro atoms. The van der Waals surface area contributed by atoms with E-state index in [0.717, 1.165) is 31.8 Å². The zero-order valence-electron chi connectivity index (χ0n) is 13.9. The smallest absolute Gasteiger partial charge is 0.246 e. The zero-order chi connectivity index (χ0) is 15.8. The van der Waals surface area contributed by atoms with Gasteiger partial charge in [-0.25, -0.2) is 0 Å². The molecule has 1 saturated carbocycles.